The third-order valence-corrected chi connectivity index (χ3v) is 18.8. The number of unbranched alkanes of at least 4 members (excludes halogenated alkanes) is 6. The third-order valence-electron chi connectivity index (χ3n) is 18.8. The molecule has 4 heterocycles. The van der Waals surface area contributed by atoms with E-state index >= 15 is 0 Å². The van der Waals surface area contributed by atoms with Gasteiger partial charge >= 0.3 is 0 Å². The van der Waals surface area contributed by atoms with Crippen molar-refractivity contribution in [2.75, 3.05) is 0 Å². The number of hydrogen-bond donors (Lipinski definition) is 0. The Hall–Kier alpha value is -6.80. The van der Waals surface area contributed by atoms with Crippen LogP contribution in [0.1, 0.15) is 208 Å². The van der Waals surface area contributed by atoms with Crippen LogP contribution >= 0.6 is 0 Å². The van der Waals surface area contributed by atoms with E-state index in [0.29, 0.717) is 0 Å². The van der Waals surface area contributed by atoms with Gasteiger partial charge in [-0.2, -0.15) is 0 Å². The molecule has 4 aromatic heterocycles. The first-order chi connectivity index (χ1) is 49.2. The minimum atomic E-state index is 0. The van der Waals surface area contributed by atoms with Crippen LogP contribution in [0.25, 0.3) is 73.7 Å². The Balaban J connectivity index is 0.000000251. The second-order valence-corrected chi connectivity index (χ2v) is 29.7. The van der Waals surface area contributed by atoms with Crippen molar-refractivity contribution in [1.82, 2.24) is 38.2 Å². The molecule has 0 spiro atoms. The summed E-state index contributed by atoms with van der Waals surface area (Å²) in [4.78, 5) is 19.2. The number of aryl methyl sites for hydroxylation is 10. The maximum Gasteiger partial charge on any atom is 0.0606 e. The Labute approximate surface area is 691 Å². The van der Waals surface area contributed by atoms with E-state index in [1.807, 2.05) is 67.0 Å². The van der Waals surface area contributed by atoms with Gasteiger partial charge in [0.15, 0.2) is 0 Å². The van der Waals surface area contributed by atoms with Gasteiger partial charge in [-0.25, -0.2) is 0 Å². The van der Waals surface area contributed by atoms with Crippen LogP contribution in [0.2, 0.25) is 0 Å². The zero-order valence-corrected chi connectivity index (χ0v) is 75.3. The molecular weight excluding hydrogens is 2010 g/mol. The van der Waals surface area contributed by atoms with E-state index in [1.54, 1.807) is 0 Å². The molecule has 0 atom stereocenters. The van der Waals surface area contributed by atoms with Crippen LogP contribution in [0.15, 0.2) is 195 Å². The van der Waals surface area contributed by atoms with E-state index < -0.39 is 0 Å². The predicted octanol–water partition coefficient (Wildman–Crippen LogP) is 24.5. The molecule has 568 valence electrons. The Bertz CT molecular complexity index is 4490. The Kier molecular flexibility index (Phi) is 37.3. The first-order valence-corrected chi connectivity index (χ1v) is 37.8. The summed E-state index contributed by atoms with van der Waals surface area (Å²) in [7, 11) is 2.06. The van der Waals surface area contributed by atoms with E-state index in [9.17, 15) is 0 Å². The summed E-state index contributed by atoms with van der Waals surface area (Å²) in [6, 6.07) is 71.1. The molecule has 12 heteroatoms. The second kappa shape index (κ2) is 44.0. The first-order valence-electron chi connectivity index (χ1n) is 37.8. The average molecular weight is 2120 g/mol. The van der Waals surface area contributed by atoms with Crippen molar-refractivity contribution >= 4 is 0 Å². The Morgan fingerprint density at radius 2 is 0.858 bits per heavy atom. The molecule has 0 aliphatic carbocycles. The van der Waals surface area contributed by atoms with Gasteiger partial charge in [0.05, 0.1) is 23.3 Å². The van der Waals surface area contributed by atoms with Crippen molar-refractivity contribution in [3.8, 4) is 73.7 Å². The molecule has 12 aromatic rings. The van der Waals surface area contributed by atoms with Crippen LogP contribution < -0.4 is 0 Å². The summed E-state index contributed by atoms with van der Waals surface area (Å²) in [5, 5.41) is 0. The van der Waals surface area contributed by atoms with Crippen molar-refractivity contribution in [2.45, 2.75) is 217 Å². The number of rotatable bonds is 24. The minimum Gasteiger partial charge on any atom is -0.373 e. The number of nitrogens with zero attached hydrogens (tertiary/aromatic N) is 8. The van der Waals surface area contributed by atoms with E-state index in [4.69, 9.17) is 15.0 Å². The van der Waals surface area contributed by atoms with Crippen molar-refractivity contribution < 1.29 is 80.4 Å². The summed E-state index contributed by atoms with van der Waals surface area (Å²) in [6.07, 6.45) is 29.6. The fourth-order valence-corrected chi connectivity index (χ4v) is 13.1. The fraction of sp³-hybridized carbons (Fsp3) is 0.362. The molecular formula is C94H112Ir4N8-4. The van der Waals surface area contributed by atoms with Crippen LogP contribution in [0.5, 0.6) is 0 Å². The standard InChI is InChI=1S/C26H33N2.C25H31N2.C23H27N2.C20H21N2.4Ir/c1-8-12-22-18-28(24(27-22)19-13-10-9-11-14-19)23-16-20(25(2,3)4)15-21(17-23)26(5,6)7;1-4-6-7-8-11-20-14-16-21(17-15-20)22-12-9-13-23(18-22)25-26-24(10-5-2)19-27(25)3;1-4-5-6-8-11-20-16-18(2)22(19(3)17-20)25-15-14-24-23(25)21-12-9-7-10-13-21;1-4-8-18-14-22(19-13-15(2)11-12-16(19)3)20(21-18)17-9-6-5-7-10-17;;;;/h9-11,13,15-18H,8,12H2,1-7H3;9,12,14-19H,4-8,10-11H2,1-3H3;7,9-10,12,14-17H,4-6,8,11H2,1-3H3;5-7,9,11-14H,4,8H2,1-3H3;;;;/q4*-1;;;;. The fourth-order valence-electron chi connectivity index (χ4n) is 13.1. The molecule has 0 unspecified atom stereocenters. The maximum atomic E-state index is 4.96. The van der Waals surface area contributed by atoms with Gasteiger partial charge in [-0.05, 0) is 152 Å². The van der Waals surface area contributed by atoms with Crippen LogP contribution in [-0.2, 0) is 130 Å². The van der Waals surface area contributed by atoms with Gasteiger partial charge in [0, 0.05) is 153 Å². The SMILES string of the molecule is CCCCCCc1cc(C)c(-n2ccnc2-c2[c-]cccc2)c(C)c1.CCCCCCc1ccc(-c2cc[c-]c(-c3nc(CCC)cn3C)c2)cc1.CCCc1cn(-c2cc(C(C)(C)C)cc(C(C)(C)C)c2)c(-c2[c-]cccc2)n1.CCCc1cn(-c2cc(C)ccc2C)c(-c2[c-]cccc2)n1.[Ir].[Ir].[Ir].[Ir]. The van der Waals surface area contributed by atoms with E-state index in [0.717, 1.165) is 101 Å². The van der Waals surface area contributed by atoms with Gasteiger partial charge in [0.2, 0.25) is 0 Å². The molecule has 0 bridgehead atoms. The molecule has 12 rings (SSSR count). The van der Waals surface area contributed by atoms with Crippen LogP contribution in [0.3, 0.4) is 0 Å². The Morgan fingerprint density at radius 3 is 1.36 bits per heavy atom. The first kappa shape index (κ1) is 89.8. The molecule has 8 aromatic carbocycles. The van der Waals surface area contributed by atoms with E-state index in [1.165, 1.54) is 137 Å². The zero-order valence-electron chi connectivity index (χ0n) is 65.7. The van der Waals surface area contributed by atoms with Crippen LogP contribution in [0, 0.1) is 52.0 Å². The van der Waals surface area contributed by atoms with Crippen LogP contribution in [0.4, 0.5) is 0 Å². The van der Waals surface area contributed by atoms with Crippen molar-refractivity contribution in [3.63, 3.8) is 0 Å². The van der Waals surface area contributed by atoms with Gasteiger partial charge < -0.3 is 18.3 Å². The topological polar surface area (TPSA) is 71.3 Å². The van der Waals surface area contributed by atoms with Crippen molar-refractivity contribution in [2.24, 2.45) is 7.05 Å². The van der Waals surface area contributed by atoms with Gasteiger partial charge in [-0.3, -0.25) is 19.9 Å². The Morgan fingerprint density at radius 1 is 0.377 bits per heavy atom. The molecule has 0 saturated carbocycles. The van der Waals surface area contributed by atoms with E-state index in [2.05, 4.69) is 286 Å². The largest absolute Gasteiger partial charge is 0.373 e. The minimum absolute atomic E-state index is 0. The predicted molar refractivity (Wildman–Crippen MR) is 430 cm³/mol. The van der Waals surface area contributed by atoms with Crippen LogP contribution in [-0.4, -0.2) is 38.2 Å². The zero-order chi connectivity index (χ0) is 72.8. The molecule has 0 aliphatic heterocycles. The molecule has 4 radical (unpaired) electrons. The molecule has 0 saturated heterocycles. The molecule has 8 nitrogen and oxygen atoms in total. The third kappa shape index (κ3) is 25.1. The van der Waals surface area contributed by atoms with E-state index in [-0.39, 0.29) is 91.3 Å². The van der Waals surface area contributed by atoms with Crippen molar-refractivity contribution in [1.29, 1.82) is 0 Å². The summed E-state index contributed by atoms with van der Waals surface area (Å²) in [6.45, 7) is 33.4. The number of imidazole rings is 4. The summed E-state index contributed by atoms with van der Waals surface area (Å²) in [5.74, 6) is 3.88. The number of benzene rings is 8. The monoisotopic (exact) mass is 2120 g/mol. The summed E-state index contributed by atoms with van der Waals surface area (Å²) in [5.41, 5.74) is 24.5. The second-order valence-electron chi connectivity index (χ2n) is 29.7. The molecule has 0 N–H and O–H groups in total. The van der Waals surface area contributed by atoms with Gasteiger partial charge in [0.25, 0.3) is 0 Å². The normalized spacial score (nSPS) is 10.9. The molecule has 0 fully saturated rings. The summed E-state index contributed by atoms with van der Waals surface area (Å²) < 4.78 is 8.76. The maximum absolute atomic E-state index is 4.96. The van der Waals surface area contributed by atoms with Gasteiger partial charge in [0.1, 0.15) is 0 Å². The van der Waals surface area contributed by atoms with Gasteiger partial charge in [-0.15, -0.1) is 143 Å². The molecule has 0 amide bonds. The summed E-state index contributed by atoms with van der Waals surface area (Å²) >= 11 is 0. The molecule has 0 aliphatic rings. The van der Waals surface area contributed by atoms with Crippen molar-refractivity contribution in [3.05, 3.63) is 281 Å². The number of aromatic nitrogens is 8. The smallest absolute Gasteiger partial charge is 0.0606 e. The quantitative estimate of drug-likeness (QED) is 0.0446. The molecule has 106 heavy (non-hydrogen) atoms. The van der Waals surface area contributed by atoms with Gasteiger partial charge in [-0.1, -0.05) is 189 Å². The average Bonchev–Trinajstić information content (AvgIpc) is 1.57. The number of hydrogen-bond acceptors (Lipinski definition) is 4.